The minimum atomic E-state index is -0.769. The highest BCUT2D eigenvalue weighted by Crippen LogP contribution is 2.49. The highest BCUT2D eigenvalue weighted by Gasteiger charge is 2.52. The zero-order valence-corrected chi connectivity index (χ0v) is 11.7. The van der Waals surface area contributed by atoms with E-state index in [4.69, 9.17) is 16.7 Å². The molecule has 0 aromatic heterocycles. The van der Waals surface area contributed by atoms with Gasteiger partial charge in [-0.15, -0.1) is 0 Å². The molecule has 0 radical (unpaired) electrons. The molecule has 1 aromatic carbocycles. The van der Waals surface area contributed by atoms with Gasteiger partial charge in [0.05, 0.1) is 11.3 Å². The summed E-state index contributed by atoms with van der Waals surface area (Å²) in [6.45, 7) is 0. The second-order valence-corrected chi connectivity index (χ2v) is 6.20. The second-order valence-electron chi connectivity index (χ2n) is 5.77. The predicted octanol–water partition coefficient (Wildman–Crippen LogP) is 2.35. The molecular weight excluding hydrogens is 278 g/mol. The lowest BCUT2D eigenvalue weighted by Gasteiger charge is -2.34. The monoisotopic (exact) mass is 293 g/mol. The van der Waals surface area contributed by atoms with Crippen molar-refractivity contribution in [3.63, 3.8) is 0 Å². The minimum Gasteiger partial charge on any atom is -0.481 e. The van der Waals surface area contributed by atoms with Crippen molar-refractivity contribution in [1.82, 2.24) is 5.32 Å². The van der Waals surface area contributed by atoms with Crippen molar-refractivity contribution < 1.29 is 14.7 Å². The third-order valence-corrected chi connectivity index (χ3v) is 4.66. The van der Waals surface area contributed by atoms with Gasteiger partial charge in [-0.1, -0.05) is 23.7 Å². The lowest BCUT2D eigenvalue weighted by atomic mass is 9.80. The van der Waals surface area contributed by atoms with E-state index < -0.39 is 11.4 Å². The molecule has 0 bridgehead atoms. The molecule has 3 rings (SSSR count). The molecule has 1 aromatic rings. The van der Waals surface area contributed by atoms with Gasteiger partial charge in [-0.25, -0.2) is 0 Å². The van der Waals surface area contributed by atoms with Crippen molar-refractivity contribution >= 4 is 23.5 Å². The third kappa shape index (κ3) is 2.29. The Balaban J connectivity index is 1.63. The van der Waals surface area contributed by atoms with E-state index in [1.165, 1.54) is 0 Å². The molecule has 0 heterocycles. The average Bonchev–Trinajstić information content (AvgIpc) is 3.14. The molecule has 0 unspecified atom stereocenters. The van der Waals surface area contributed by atoms with E-state index in [-0.39, 0.29) is 17.9 Å². The number of carboxylic acids is 1. The van der Waals surface area contributed by atoms with Gasteiger partial charge in [0.2, 0.25) is 5.91 Å². The van der Waals surface area contributed by atoms with Gasteiger partial charge < -0.3 is 10.4 Å². The summed E-state index contributed by atoms with van der Waals surface area (Å²) < 4.78 is 0. The van der Waals surface area contributed by atoms with E-state index in [0.29, 0.717) is 17.9 Å². The van der Waals surface area contributed by atoms with Gasteiger partial charge in [-0.3, -0.25) is 9.59 Å². The Morgan fingerprint density at radius 1 is 1.20 bits per heavy atom. The van der Waals surface area contributed by atoms with Crippen LogP contribution in [0.25, 0.3) is 0 Å². The van der Waals surface area contributed by atoms with E-state index in [9.17, 15) is 9.59 Å². The number of carboxylic acid groups (broad SMARTS) is 1. The quantitative estimate of drug-likeness (QED) is 0.895. The third-order valence-electron chi connectivity index (χ3n) is 4.40. The van der Waals surface area contributed by atoms with E-state index in [2.05, 4.69) is 5.32 Å². The molecule has 2 N–H and O–H groups in total. The van der Waals surface area contributed by atoms with Crippen LogP contribution in [0.4, 0.5) is 0 Å². The summed E-state index contributed by atoms with van der Waals surface area (Å²) in [5.41, 5.74) is 0.576. The van der Waals surface area contributed by atoms with E-state index in [0.717, 1.165) is 18.4 Å². The maximum atomic E-state index is 12.4. The Labute approximate surface area is 122 Å². The van der Waals surface area contributed by atoms with Crippen molar-refractivity contribution in [2.75, 3.05) is 0 Å². The van der Waals surface area contributed by atoms with Crippen LogP contribution in [0.1, 0.15) is 31.2 Å². The van der Waals surface area contributed by atoms with Gasteiger partial charge in [0.15, 0.2) is 0 Å². The number of rotatable bonds is 4. The number of halogens is 1. The summed E-state index contributed by atoms with van der Waals surface area (Å²) >= 11 is 5.87. The smallest absolute Gasteiger partial charge is 0.306 e. The number of hydrogen-bond donors (Lipinski definition) is 2. The van der Waals surface area contributed by atoms with Crippen LogP contribution in [0.3, 0.4) is 0 Å². The molecule has 20 heavy (non-hydrogen) atoms. The average molecular weight is 294 g/mol. The van der Waals surface area contributed by atoms with Crippen LogP contribution in [0.15, 0.2) is 24.3 Å². The van der Waals surface area contributed by atoms with Gasteiger partial charge in [0, 0.05) is 11.1 Å². The predicted molar refractivity (Wildman–Crippen MR) is 74.7 cm³/mol. The number of carbonyl (C=O) groups excluding carboxylic acids is 1. The Morgan fingerprint density at radius 3 is 2.30 bits per heavy atom. The first-order valence-corrected chi connectivity index (χ1v) is 7.19. The second kappa shape index (κ2) is 4.77. The maximum Gasteiger partial charge on any atom is 0.306 e. The Kier molecular flexibility index (Phi) is 3.21. The zero-order valence-electron chi connectivity index (χ0n) is 10.9. The number of carbonyl (C=O) groups is 2. The van der Waals surface area contributed by atoms with Crippen molar-refractivity contribution in [2.45, 2.75) is 37.1 Å². The molecule has 0 atom stereocenters. The highest BCUT2D eigenvalue weighted by atomic mass is 35.5. The number of aliphatic carboxylic acids is 1. The van der Waals surface area contributed by atoms with Gasteiger partial charge in [-0.05, 0) is 43.4 Å². The first kappa shape index (κ1) is 13.4. The SMILES string of the molecule is O=C(O)C1CC(NC(=O)C2(c3ccc(Cl)cc3)CC2)C1. The maximum absolute atomic E-state index is 12.4. The van der Waals surface area contributed by atoms with E-state index in [1.807, 2.05) is 12.1 Å². The van der Waals surface area contributed by atoms with Crippen molar-refractivity contribution in [1.29, 1.82) is 0 Å². The number of hydrogen-bond acceptors (Lipinski definition) is 2. The molecular formula is C15H16ClNO3. The van der Waals surface area contributed by atoms with Crippen LogP contribution < -0.4 is 5.32 Å². The normalized spacial score (nSPS) is 26.4. The topological polar surface area (TPSA) is 66.4 Å². The lowest BCUT2D eigenvalue weighted by Crippen LogP contribution is -2.49. The zero-order chi connectivity index (χ0) is 14.3. The van der Waals surface area contributed by atoms with Crippen LogP contribution in [0.5, 0.6) is 0 Å². The molecule has 0 saturated heterocycles. The molecule has 0 aliphatic heterocycles. The van der Waals surface area contributed by atoms with Gasteiger partial charge in [0.1, 0.15) is 0 Å². The molecule has 4 nitrogen and oxygen atoms in total. The number of benzene rings is 1. The summed E-state index contributed by atoms with van der Waals surface area (Å²) in [6, 6.07) is 7.40. The largest absolute Gasteiger partial charge is 0.481 e. The number of amides is 1. The molecule has 2 saturated carbocycles. The Bertz CT molecular complexity index is 545. The van der Waals surface area contributed by atoms with Crippen LogP contribution in [-0.4, -0.2) is 23.0 Å². The summed E-state index contributed by atoms with van der Waals surface area (Å²) in [4.78, 5) is 23.2. The van der Waals surface area contributed by atoms with Crippen molar-refractivity contribution in [3.05, 3.63) is 34.9 Å². The molecule has 1 amide bonds. The first-order chi connectivity index (χ1) is 9.51. The Morgan fingerprint density at radius 2 is 1.80 bits per heavy atom. The summed E-state index contributed by atoms with van der Waals surface area (Å²) in [6.07, 6.45) is 2.76. The van der Waals surface area contributed by atoms with Crippen LogP contribution in [-0.2, 0) is 15.0 Å². The molecule has 2 fully saturated rings. The molecule has 106 valence electrons. The lowest BCUT2D eigenvalue weighted by molar-refractivity contribution is -0.146. The van der Waals surface area contributed by atoms with Crippen LogP contribution in [0.2, 0.25) is 5.02 Å². The number of nitrogens with one attached hydrogen (secondary N) is 1. The fraction of sp³-hybridized carbons (Fsp3) is 0.467. The molecule has 2 aliphatic rings. The minimum absolute atomic E-state index is 0.00775. The fourth-order valence-electron chi connectivity index (χ4n) is 2.80. The van der Waals surface area contributed by atoms with Crippen molar-refractivity contribution in [2.24, 2.45) is 5.92 Å². The molecule has 0 spiro atoms. The van der Waals surface area contributed by atoms with Crippen LogP contribution in [0, 0.1) is 5.92 Å². The van der Waals surface area contributed by atoms with Crippen LogP contribution >= 0.6 is 11.6 Å². The highest BCUT2D eigenvalue weighted by molar-refractivity contribution is 6.30. The molecule has 2 aliphatic carbocycles. The van der Waals surface area contributed by atoms with Crippen molar-refractivity contribution in [3.8, 4) is 0 Å². The first-order valence-electron chi connectivity index (χ1n) is 6.81. The standard InChI is InChI=1S/C15H16ClNO3/c16-11-3-1-10(2-4-11)15(5-6-15)14(20)17-12-7-9(8-12)13(18)19/h1-4,9,12H,5-8H2,(H,17,20)(H,18,19). The van der Waals surface area contributed by atoms with E-state index in [1.54, 1.807) is 12.1 Å². The van der Waals surface area contributed by atoms with Gasteiger partial charge in [-0.2, -0.15) is 0 Å². The van der Waals surface area contributed by atoms with Gasteiger partial charge in [0.25, 0.3) is 0 Å². The Hall–Kier alpha value is -1.55. The summed E-state index contributed by atoms with van der Waals surface area (Å²) in [5, 5.41) is 12.5. The molecule has 5 heteroatoms. The van der Waals surface area contributed by atoms with E-state index >= 15 is 0 Å². The fourth-order valence-corrected chi connectivity index (χ4v) is 2.93. The summed E-state index contributed by atoms with van der Waals surface area (Å²) in [5.74, 6) is -1.05. The van der Waals surface area contributed by atoms with Gasteiger partial charge >= 0.3 is 5.97 Å². The summed E-state index contributed by atoms with van der Waals surface area (Å²) in [7, 11) is 0.